The maximum Gasteiger partial charge on any atom is 0.190 e. The van der Waals surface area contributed by atoms with Gasteiger partial charge < -0.3 is 15.5 Å². The molecule has 1 atom stereocenters. The van der Waals surface area contributed by atoms with Crippen LogP contribution in [0.1, 0.15) is 29.5 Å². The summed E-state index contributed by atoms with van der Waals surface area (Å²) < 4.78 is 0. The first kappa shape index (κ1) is 13.1. The summed E-state index contributed by atoms with van der Waals surface area (Å²) in [7, 11) is 2.15. The van der Waals surface area contributed by atoms with Gasteiger partial charge in [0.05, 0.1) is 17.1 Å². The molecule has 2 aromatic rings. The maximum absolute atomic E-state index is 6.22. The molecule has 2 heterocycles. The van der Waals surface area contributed by atoms with E-state index in [0.717, 1.165) is 36.8 Å². The van der Waals surface area contributed by atoms with Gasteiger partial charge in [0.1, 0.15) is 0 Å². The Morgan fingerprint density at radius 1 is 1.24 bits per heavy atom. The van der Waals surface area contributed by atoms with Crippen LogP contribution >= 0.6 is 11.3 Å². The van der Waals surface area contributed by atoms with E-state index in [2.05, 4.69) is 41.1 Å². The Hall–Kier alpha value is -1.59. The first-order valence-corrected chi connectivity index (χ1v) is 8.38. The maximum atomic E-state index is 6.22. The van der Waals surface area contributed by atoms with Crippen molar-refractivity contribution < 1.29 is 0 Å². The number of fused-ring (bicyclic) bond motifs is 2. The molecule has 5 heteroatoms. The van der Waals surface area contributed by atoms with E-state index in [1.807, 2.05) is 11.3 Å². The second-order valence-electron chi connectivity index (χ2n) is 5.87. The number of nitrogens with two attached hydrogens (primary N) is 1. The minimum Gasteiger partial charge on any atom is -0.371 e. The lowest BCUT2D eigenvalue weighted by Crippen LogP contribution is -2.36. The van der Waals surface area contributed by atoms with Gasteiger partial charge in [-0.1, -0.05) is 12.1 Å². The third-order valence-corrected chi connectivity index (χ3v) is 5.61. The molecule has 4 nitrogen and oxygen atoms in total. The Labute approximate surface area is 129 Å². The van der Waals surface area contributed by atoms with Crippen LogP contribution in [0.4, 0.5) is 16.5 Å². The van der Waals surface area contributed by atoms with Gasteiger partial charge in [-0.05, 0) is 31.4 Å². The highest BCUT2D eigenvalue weighted by Crippen LogP contribution is 2.41. The number of anilines is 3. The fourth-order valence-electron chi connectivity index (χ4n) is 3.26. The molecule has 21 heavy (non-hydrogen) atoms. The van der Waals surface area contributed by atoms with E-state index in [4.69, 9.17) is 10.7 Å². The van der Waals surface area contributed by atoms with Crippen molar-refractivity contribution in [2.45, 2.75) is 25.3 Å². The van der Waals surface area contributed by atoms with E-state index >= 15 is 0 Å². The lowest BCUT2D eigenvalue weighted by Gasteiger charge is -2.35. The summed E-state index contributed by atoms with van der Waals surface area (Å²) in [4.78, 5) is 10.9. The average molecular weight is 300 g/mol. The van der Waals surface area contributed by atoms with Crippen molar-refractivity contribution in [3.05, 3.63) is 34.8 Å². The lowest BCUT2D eigenvalue weighted by atomic mass is 9.99. The molecule has 0 saturated heterocycles. The van der Waals surface area contributed by atoms with Crippen LogP contribution in [0.3, 0.4) is 0 Å². The number of likely N-dealkylation sites (N-methyl/N-ethyl adjacent to an activating group) is 1. The van der Waals surface area contributed by atoms with E-state index in [1.54, 1.807) is 0 Å². The molecule has 4 rings (SSSR count). The zero-order valence-electron chi connectivity index (χ0n) is 12.2. The fraction of sp³-hybridized carbons (Fsp3) is 0.438. The van der Waals surface area contributed by atoms with Crippen molar-refractivity contribution in [3.8, 4) is 0 Å². The molecule has 0 radical (unpaired) electrons. The Morgan fingerprint density at radius 3 is 2.86 bits per heavy atom. The summed E-state index contributed by atoms with van der Waals surface area (Å²) in [5.74, 6) is 0. The van der Waals surface area contributed by atoms with Gasteiger partial charge in [0.15, 0.2) is 5.13 Å². The molecule has 1 aliphatic heterocycles. The number of nitrogens with zero attached hydrogens (tertiary/aromatic N) is 3. The topological polar surface area (TPSA) is 45.4 Å². The van der Waals surface area contributed by atoms with Gasteiger partial charge in [-0.2, -0.15) is 0 Å². The van der Waals surface area contributed by atoms with Crippen LogP contribution < -0.4 is 15.5 Å². The molecule has 1 unspecified atom stereocenters. The van der Waals surface area contributed by atoms with Crippen LogP contribution in [0.2, 0.25) is 0 Å². The van der Waals surface area contributed by atoms with Crippen LogP contribution in [0.15, 0.2) is 24.3 Å². The van der Waals surface area contributed by atoms with Crippen molar-refractivity contribution in [1.29, 1.82) is 0 Å². The van der Waals surface area contributed by atoms with Crippen molar-refractivity contribution in [3.63, 3.8) is 0 Å². The Balaban J connectivity index is 1.76. The fourth-order valence-corrected chi connectivity index (χ4v) is 4.47. The monoisotopic (exact) mass is 300 g/mol. The SMILES string of the molecule is CN1CCN(c2nc3c(s2)CCCC3N)c2ccccc21. The minimum atomic E-state index is 0.126. The molecule has 0 spiro atoms. The van der Waals surface area contributed by atoms with Gasteiger partial charge in [0.25, 0.3) is 0 Å². The van der Waals surface area contributed by atoms with Crippen LogP contribution in [0.25, 0.3) is 0 Å². The highest BCUT2D eigenvalue weighted by atomic mass is 32.1. The van der Waals surface area contributed by atoms with Gasteiger partial charge in [0.2, 0.25) is 0 Å². The number of benzene rings is 1. The quantitative estimate of drug-likeness (QED) is 0.879. The number of thiazole rings is 1. The van der Waals surface area contributed by atoms with Crippen LogP contribution in [0, 0.1) is 0 Å². The summed E-state index contributed by atoms with van der Waals surface area (Å²) in [6.07, 6.45) is 3.39. The standard InChI is InChI=1S/C16H20N4S/c1-19-9-10-20(13-7-3-2-6-12(13)19)16-18-15-11(17)5-4-8-14(15)21-16/h2-3,6-7,11H,4-5,8-10,17H2,1H3. The van der Waals surface area contributed by atoms with Crippen LogP contribution in [-0.2, 0) is 6.42 Å². The predicted molar refractivity (Wildman–Crippen MR) is 88.7 cm³/mol. The van der Waals surface area contributed by atoms with Gasteiger partial charge in [-0.25, -0.2) is 4.98 Å². The highest BCUT2D eigenvalue weighted by Gasteiger charge is 2.27. The largest absolute Gasteiger partial charge is 0.371 e. The number of hydrogen-bond donors (Lipinski definition) is 1. The molecule has 2 N–H and O–H groups in total. The summed E-state index contributed by atoms with van der Waals surface area (Å²) in [6, 6.07) is 8.69. The van der Waals surface area contributed by atoms with Gasteiger partial charge >= 0.3 is 0 Å². The van der Waals surface area contributed by atoms with E-state index < -0.39 is 0 Å². The first-order valence-electron chi connectivity index (χ1n) is 7.57. The summed E-state index contributed by atoms with van der Waals surface area (Å²) in [5.41, 5.74) is 9.89. The third-order valence-electron chi connectivity index (χ3n) is 4.46. The molecule has 110 valence electrons. The van der Waals surface area contributed by atoms with Gasteiger partial charge in [-0.15, -0.1) is 11.3 Å². The highest BCUT2D eigenvalue weighted by molar-refractivity contribution is 7.15. The molecule has 1 aliphatic carbocycles. The molecule has 0 saturated carbocycles. The smallest absolute Gasteiger partial charge is 0.190 e. The Morgan fingerprint density at radius 2 is 2.05 bits per heavy atom. The molecule has 1 aromatic carbocycles. The second-order valence-corrected chi connectivity index (χ2v) is 6.93. The zero-order valence-corrected chi connectivity index (χ0v) is 13.1. The Bertz CT molecular complexity index is 666. The Kier molecular flexibility index (Phi) is 3.12. The number of aromatic nitrogens is 1. The van der Waals surface area contributed by atoms with Crippen molar-refractivity contribution in [2.75, 3.05) is 29.9 Å². The normalized spacial score (nSPS) is 21.1. The van der Waals surface area contributed by atoms with Gasteiger partial charge in [0, 0.05) is 31.1 Å². The second kappa shape index (κ2) is 5.00. The van der Waals surface area contributed by atoms with E-state index in [9.17, 15) is 0 Å². The number of rotatable bonds is 1. The molecule has 2 aliphatic rings. The molecule has 0 fully saturated rings. The average Bonchev–Trinajstić information content (AvgIpc) is 2.93. The van der Waals surface area contributed by atoms with E-state index in [0.29, 0.717) is 0 Å². The molecular formula is C16H20N4S. The van der Waals surface area contributed by atoms with Crippen molar-refractivity contribution >= 4 is 27.8 Å². The third kappa shape index (κ3) is 2.12. The van der Waals surface area contributed by atoms with Crippen molar-refractivity contribution in [2.24, 2.45) is 5.73 Å². The number of aryl methyl sites for hydroxylation is 1. The molecule has 1 aromatic heterocycles. The molecule has 0 bridgehead atoms. The van der Waals surface area contributed by atoms with E-state index in [1.165, 1.54) is 22.7 Å². The van der Waals surface area contributed by atoms with Gasteiger partial charge in [-0.3, -0.25) is 0 Å². The first-order chi connectivity index (χ1) is 10.2. The minimum absolute atomic E-state index is 0.126. The summed E-state index contributed by atoms with van der Waals surface area (Å²) >= 11 is 1.83. The van der Waals surface area contributed by atoms with Crippen molar-refractivity contribution in [1.82, 2.24) is 4.98 Å². The van der Waals surface area contributed by atoms with Crippen LogP contribution in [0.5, 0.6) is 0 Å². The van der Waals surface area contributed by atoms with Crippen LogP contribution in [-0.4, -0.2) is 25.1 Å². The van der Waals surface area contributed by atoms with E-state index in [-0.39, 0.29) is 6.04 Å². The zero-order chi connectivity index (χ0) is 14.4. The number of para-hydroxylation sites is 2. The summed E-state index contributed by atoms with van der Waals surface area (Å²) in [5, 5.41) is 1.11. The molecule has 0 amide bonds. The molecular weight excluding hydrogens is 280 g/mol. The number of hydrogen-bond acceptors (Lipinski definition) is 5. The predicted octanol–water partition coefficient (Wildman–Crippen LogP) is 3.07. The lowest BCUT2D eigenvalue weighted by molar-refractivity contribution is 0.563. The summed E-state index contributed by atoms with van der Waals surface area (Å²) in [6.45, 7) is 2.00.